The third kappa shape index (κ3) is 3.69. The highest BCUT2D eigenvalue weighted by Crippen LogP contribution is 2.26. The molecule has 92 valence electrons. The fourth-order valence-corrected chi connectivity index (χ4v) is 2.48. The van der Waals surface area contributed by atoms with Gasteiger partial charge in [-0.25, -0.2) is 0 Å². The van der Waals surface area contributed by atoms with Gasteiger partial charge in [-0.15, -0.1) is 0 Å². The van der Waals surface area contributed by atoms with E-state index in [0.29, 0.717) is 23.2 Å². The third-order valence-corrected chi connectivity index (χ3v) is 3.62. The molecule has 0 spiro atoms. The zero-order valence-corrected chi connectivity index (χ0v) is 11.6. The fourth-order valence-electron chi connectivity index (χ4n) is 1.95. The van der Waals surface area contributed by atoms with E-state index in [1.54, 1.807) is 6.07 Å². The number of halogens is 2. The normalized spacial score (nSPS) is 19.3. The molecule has 0 saturated carbocycles. The van der Waals surface area contributed by atoms with Crippen LogP contribution in [0.3, 0.4) is 0 Å². The number of hydrogen-bond donors (Lipinski definition) is 2. The summed E-state index contributed by atoms with van der Waals surface area (Å²) >= 11 is 9.36. The predicted octanol–water partition coefficient (Wildman–Crippen LogP) is 3.18. The van der Waals surface area contributed by atoms with Crippen molar-refractivity contribution in [2.75, 3.05) is 11.9 Å². The van der Waals surface area contributed by atoms with Gasteiger partial charge in [-0.3, -0.25) is 4.79 Å². The number of amides is 1. The molecule has 1 atom stereocenters. The summed E-state index contributed by atoms with van der Waals surface area (Å²) in [5, 5.41) is 6.69. The number of benzene rings is 1. The van der Waals surface area contributed by atoms with Crippen LogP contribution in [0.1, 0.15) is 19.3 Å². The molecular weight excluding hydrogens is 304 g/mol. The number of hydrogen-bond acceptors (Lipinski definition) is 2. The Morgan fingerprint density at radius 1 is 1.59 bits per heavy atom. The third-order valence-electron chi connectivity index (χ3n) is 2.80. The number of anilines is 1. The lowest BCUT2D eigenvalue weighted by atomic mass is 10.1. The van der Waals surface area contributed by atoms with Crippen molar-refractivity contribution in [3.8, 4) is 0 Å². The van der Waals surface area contributed by atoms with E-state index in [1.807, 2.05) is 12.1 Å². The molecule has 5 heteroatoms. The Bertz CT molecular complexity index is 419. The van der Waals surface area contributed by atoms with E-state index in [0.717, 1.165) is 23.9 Å². The van der Waals surface area contributed by atoms with Crippen molar-refractivity contribution in [2.45, 2.75) is 25.3 Å². The van der Waals surface area contributed by atoms with E-state index in [-0.39, 0.29) is 5.91 Å². The van der Waals surface area contributed by atoms with Gasteiger partial charge in [0.25, 0.3) is 0 Å². The summed E-state index contributed by atoms with van der Waals surface area (Å²) in [5.41, 5.74) is 0.657. The molecule has 2 rings (SSSR count). The maximum Gasteiger partial charge on any atom is 0.225 e. The van der Waals surface area contributed by atoms with Crippen LogP contribution < -0.4 is 10.6 Å². The SMILES string of the molecule is O=C(CC1CCCN1)Nc1cc(Br)ccc1Cl. The monoisotopic (exact) mass is 316 g/mol. The van der Waals surface area contributed by atoms with E-state index in [4.69, 9.17) is 11.6 Å². The Kier molecular flexibility index (Phi) is 4.42. The van der Waals surface area contributed by atoms with Gasteiger partial charge in [0.15, 0.2) is 0 Å². The number of rotatable bonds is 3. The number of carbonyl (C=O) groups excluding carboxylic acids is 1. The average molecular weight is 318 g/mol. The molecule has 1 aliphatic heterocycles. The second kappa shape index (κ2) is 5.85. The second-order valence-electron chi connectivity index (χ2n) is 4.17. The van der Waals surface area contributed by atoms with Gasteiger partial charge < -0.3 is 10.6 Å². The first-order valence-corrected chi connectivity index (χ1v) is 6.80. The first-order chi connectivity index (χ1) is 8.15. The van der Waals surface area contributed by atoms with Gasteiger partial charge in [-0.1, -0.05) is 27.5 Å². The van der Waals surface area contributed by atoms with Crippen LogP contribution in [0.5, 0.6) is 0 Å². The first-order valence-electron chi connectivity index (χ1n) is 5.63. The molecule has 3 nitrogen and oxygen atoms in total. The van der Waals surface area contributed by atoms with Crippen molar-refractivity contribution >= 4 is 39.1 Å². The molecular formula is C12H14BrClN2O. The van der Waals surface area contributed by atoms with Crippen molar-refractivity contribution in [2.24, 2.45) is 0 Å². The highest BCUT2D eigenvalue weighted by molar-refractivity contribution is 9.10. The summed E-state index contributed by atoms with van der Waals surface area (Å²) in [7, 11) is 0. The number of nitrogens with one attached hydrogen (secondary N) is 2. The lowest BCUT2D eigenvalue weighted by Gasteiger charge is -2.11. The van der Waals surface area contributed by atoms with Crippen LogP contribution in [-0.2, 0) is 4.79 Å². The molecule has 0 aliphatic carbocycles. The highest BCUT2D eigenvalue weighted by Gasteiger charge is 2.18. The van der Waals surface area contributed by atoms with Crippen molar-refractivity contribution in [3.05, 3.63) is 27.7 Å². The molecule has 1 amide bonds. The molecule has 1 fully saturated rings. The molecule has 2 N–H and O–H groups in total. The zero-order chi connectivity index (χ0) is 12.3. The van der Waals surface area contributed by atoms with Gasteiger partial charge in [-0.05, 0) is 37.6 Å². The molecule has 1 saturated heterocycles. The van der Waals surface area contributed by atoms with Crippen LogP contribution in [0.2, 0.25) is 5.02 Å². The van der Waals surface area contributed by atoms with E-state index < -0.39 is 0 Å². The minimum absolute atomic E-state index is 0.00407. The Morgan fingerprint density at radius 3 is 3.12 bits per heavy atom. The second-order valence-corrected chi connectivity index (χ2v) is 5.49. The van der Waals surface area contributed by atoms with Gasteiger partial charge in [-0.2, -0.15) is 0 Å². The van der Waals surface area contributed by atoms with Crippen LogP contribution >= 0.6 is 27.5 Å². The molecule has 0 aromatic heterocycles. The maximum absolute atomic E-state index is 11.8. The topological polar surface area (TPSA) is 41.1 Å². The smallest absolute Gasteiger partial charge is 0.225 e. The van der Waals surface area contributed by atoms with Crippen LogP contribution in [0.4, 0.5) is 5.69 Å². The van der Waals surface area contributed by atoms with E-state index in [2.05, 4.69) is 26.6 Å². The van der Waals surface area contributed by atoms with E-state index >= 15 is 0 Å². The van der Waals surface area contributed by atoms with E-state index in [1.165, 1.54) is 0 Å². The Labute approximate surface area is 114 Å². The zero-order valence-electron chi connectivity index (χ0n) is 9.30. The fraction of sp³-hybridized carbons (Fsp3) is 0.417. The summed E-state index contributed by atoms with van der Waals surface area (Å²) < 4.78 is 0.899. The largest absolute Gasteiger partial charge is 0.325 e. The van der Waals surface area contributed by atoms with Crippen molar-refractivity contribution in [1.82, 2.24) is 5.32 Å². The first kappa shape index (κ1) is 12.9. The average Bonchev–Trinajstić information content (AvgIpc) is 2.76. The summed E-state index contributed by atoms with van der Waals surface area (Å²) in [5.74, 6) is 0.00407. The molecule has 17 heavy (non-hydrogen) atoms. The van der Waals surface area contributed by atoms with Gasteiger partial charge in [0.2, 0.25) is 5.91 Å². The van der Waals surface area contributed by atoms with Gasteiger partial charge >= 0.3 is 0 Å². The molecule has 1 aromatic rings. The minimum atomic E-state index is 0.00407. The maximum atomic E-state index is 11.8. The minimum Gasteiger partial charge on any atom is -0.325 e. The standard InChI is InChI=1S/C12H14BrClN2O/c13-8-3-4-10(14)11(6-8)16-12(17)7-9-2-1-5-15-9/h3-4,6,9,15H,1-2,5,7H2,(H,16,17). The summed E-state index contributed by atoms with van der Waals surface area (Å²) in [6, 6.07) is 5.72. The molecule has 0 bridgehead atoms. The van der Waals surface area contributed by atoms with Crippen molar-refractivity contribution < 1.29 is 4.79 Å². The molecule has 1 unspecified atom stereocenters. The summed E-state index contributed by atoms with van der Waals surface area (Å²) in [4.78, 5) is 11.8. The van der Waals surface area contributed by atoms with Gasteiger partial charge in [0.05, 0.1) is 10.7 Å². The molecule has 1 aliphatic rings. The summed E-state index contributed by atoms with van der Waals surface area (Å²) in [6.45, 7) is 1.01. The highest BCUT2D eigenvalue weighted by atomic mass is 79.9. The quantitative estimate of drug-likeness (QED) is 0.899. The molecule has 0 radical (unpaired) electrons. The number of carbonyl (C=O) groups is 1. The van der Waals surface area contributed by atoms with Crippen LogP contribution in [-0.4, -0.2) is 18.5 Å². The van der Waals surface area contributed by atoms with Crippen molar-refractivity contribution in [1.29, 1.82) is 0 Å². The van der Waals surface area contributed by atoms with Gasteiger partial charge in [0.1, 0.15) is 0 Å². The van der Waals surface area contributed by atoms with Crippen LogP contribution in [0.25, 0.3) is 0 Å². The summed E-state index contributed by atoms with van der Waals surface area (Å²) in [6.07, 6.45) is 2.72. The van der Waals surface area contributed by atoms with Crippen LogP contribution in [0.15, 0.2) is 22.7 Å². The lowest BCUT2D eigenvalue weighted by molar-refractivity contribution is -0.116. The van der Waals surface area contributed by atoms with Crippen LogP contribution in [0, 0.1) is 0 Å². The molecule has 1 heterocycles. The Morgan fingerprint density at radius 2 is 2.41 bits per heavy atom. The predicted molar refractivity (Wildman–Crippen MR) is 73.4 cm³/mol. The lowest BCUT2D eigenvalue weighted by Crippen LogP contribution is -2.27. The van der Waals surface area contributed by atoms with Crippen molar-refractivity contribution in [3.63, 3.8) is 0 Å². The Hall–Kier alpha value is -0.580. The molecule has 1 aromatic carbocycles. The Balaban J connectivity index is 1.95. The van der Waals surface area contributed by atoms with Gasteiger partial charge in [0, 0.05) is 16.9 Å². The van der Waals surface area contributed by atoms with E-state index in [9.17, 15) is 4.79 Å².